The van der Waals surface area contributed by atoms with Crippen molar-refractivity contribution in [3.8, 4) is 0 Å². The number of nitrogens with zero attached hydrogens (tertiary/aromatic N) is 2. The minimum Gasteiger partial charge on any atom is -0.303 e. The molecular formula is C22H24N2O2S. The van der Waals surface area contributed by atoms with Gasteiger partial charge < -0.3 is 4.90 Å². The van der Waals surface area contributed by atoms with Gasteiger partial charge in [0, 0.05) is 18.1 Å². The van der Waals surface area contributed by atoms with E-state index in [4.69, 9.17) is 0 Å². The Balaban J connectivity index is 1.62. The van der Waals surface area contributed by atoms with Gasteiger partial charge in [-0.3, -0.25) is 4.98 Å². The van der Waals surface area contributed by atoms with Crippen molar-refractivity contribution >= 4 is 20.7 Å². The third-order valence-electron chi connectivity index (χ3n) is 5.28. The molecule has 0 unspecified atom stereocenters. The monoisotopic (exact) mass is 380 g/mol. The molecule has 140 valence electrons. The Labute approximate surface area is 160 Å². The van der Waals surface area contributed by atoms with Crippen LogP contribution in [-0.4, -0.2) is 37.9 Å². The third-order valence-corrected chi connectivity index (χ3v) is 7.02. The summed E-state index contributed by atoms with van der Waals surface area (Å²) >= 11 is 0. The van der Waals surface area contributed by atoms with Gasteiger partial charge in [0.15, 0.2) is 0 Å². The largest absolute Gasteiger partial charge is 0.303 e. The predicted octanol–water partition coefficient (Wildman–Crippen LogP) is 4.10. The molecule has 5 heteroatoms. The lowest BCUT2D eigenvalue weighted by Gasteiger charge is -2.26. The van der Waals surface area contributed by atoms with E-state index < -0.39 is 9.84 Å². The van der Waals surface area contributed by atoms with Crippen LogP contribution >= 0.6 is 0 Å². The third kappa shape index (κ3) is 3.89. The lowest BCUT2D eigenvalue weighted by molar-refractivity contribution is 0.231. The number of benzene rings is 2. The number of rotatable bonds is 5. The SMILES string of the molecule is O=S(=O)(c1ccccc1)c1cnc2c(CCN3CCCCC3)cccc2c1. The molecule has 2 aromatic carbocycles. The summed E-state index contributed by atoms with van der Waals surface area (Å²) in [6, 6.07) is 16.3. The molecular weight excluding hydrogens is 356 g/mol. The summed E-state index contributed by atoms with van der Waals surface area (Å²) < 4.78 is 25.7. The van der Waals surface area contributed by atoms with Crippen LogP contribution < -0.4 is 0 Å². The van der Waals surface area contributed by atoms with Crippen molar-refractivity contribution in [2.45, 2.75) is 35.5 Å². The van der Waals surface area contributed by atoms with Gasteiger partial charge in [0.1, 0.15) is 0 Å². The van der Waals surface area contributed by atoms with Crippen molar-refractivity contribution in [1.82, 2.24) is 9.88 Å². The van der Waals surface area contributed by atoms with Crippen molar-refractivity contribution in [2.75, 3.05) is 19.6 Å². The molecule has 1 aliphatic rings. The van der Waals surface area contributed by atoms with Crippen LogP contribution in [0.1, 0.15) is 24.8 Å². The zero-order valence-electron chi connectivity index (χ0n) is 15.3. The molecule has 1 aromatic heterocycles. The van der Waals surface area contributed by atoms with Crippen molar-refractivity contribution in [2.24, 2.45) is 0 Å². The van der Waals surface area contributed by atoms with E-state index in [-0.39, 0.29) is 4.90 Å². The Morgan fingerprint density at radius 2 is 1.67 bits per heavy atom. The molecule has 0 amide bonds. The highest BCUT2D eigenvalue weighted by Gasteiger charge is 2.19. The summed E-state index contributed by atoms with van der Waals surface area (Å²) in [5.74, 6) is 0. The van der Waals surface area contributed by atoms with Crippen molar-refractivity contribution < 1.29 is 8.42 Å². The molecule has 1 aliphatic heterocycles. The molecule has 4 nitrogen and oxygen atoms in total. The number of likely N-dealkylation sites (tertiary alicyclic amines) is 1. The summed E-state index contributed by atoms with van der Waals surface area (Å²) in [6.07, 6.45) is 6.35. The standard InChI is InChI=1S/C22H24N2O2S/c25-27(26,20-10-3-1-4-11-20)21-16-19-9-7-8-18(22(19)23-17-21)12-15-24-13-5-2-6-14-24/h1,3-4,7-11,16-17H,2,5-6,12-15H2. The Hall–Kier alpha value is -2.24. The van der Waals surface area contributed by atoms with E-state index in [1.54, 1.807) is 30.3 Å². The summed E-state index contributed by atoms with van der Waals surface area (Å²) in [5.41, 5.74) is 2.09. The number of sulfone groups is 1. The quantitative estimate of drug-likeness (QED) is 0.669. The molecule has 0 bridgehead atoms. The highest BCUT2D eigenvalue weighted by Crippen LogP contribution is 2.25. The van der Waals surface area contributed by atoms with Crippen molar-refractivity contribution in [3.63, 3.8) is 0 Å². The fraction of sp³-hybridized carbons (Fsp3) is 0.318. The van der Waals surface area contributed by atoms with Crippen molar-refractivity contribution in [3.05, 3.63) is 66.4 Å². The van der Waals surface area contributed by atoms with Crippen LogP contribution in [0.15, 0.2) is 70.6 Å². The maximum atomic E-state index is 12.8. The molecule has 2 heterocycles. The number of pyridine rings is 1. The second-order valence-electron chi connectivity index (χ2n) is 7.13. The maximum absolute atomic E-state index is 12.8. The van der Waals surface area contributed by atoms with E-state index in [1.807, 2.05) is 18.2 Å². The van der Waals surface area contributed by atoms with Crippen LogP contribution in [0.25, 0.3) is 10.9 Å². The second-order valence-corrected chi connectivity index (χ2v) is 9.08. The highest BCUT2D eigenvalue weighted by molar-refractivity contribution is 7.91. The number of hydrogen-bond acceptors (Lipinski definition) is 4. The lowest BCUT2D eigenvalue weighted by Crippen LogP contribution is -2.31. The Morgan fingerprint density at radius 1 is 0.889 bits per heavy atom. The topological polar surface area (TPSA) is 50.3 Å². The van der Waals surface area contributed by atoms with Crippen LogP contribution in [-0.2, 0) is 16.3 Å². The van der Waals surface area contributed by atoms with Gasteiger partial charge >= 0.3 is 0 Å². The molecule has 3 aromatic rings. The van der Waals surface area contributed by atoms with Gasteiger partial charge in [-0.1, -0.05) is 42.8 Å². The number of aromatic nitrogens is 1. The smallest absolute Gasteiger partial charge is 0.208 e. The van der Waals surface area contributed by atoms with Crippen LogP contribution in [0.3, 0.4) is 0 Å². The van der Waals surface area contributed by atoms with Gasteiger partial charge in [-0.05, 0) is 56.1 Å². The summed E-state index contributed by atoms with van der Waals surface area (Å²) in [7, 11) is -3.54. The van der Waals surface area contributed by atoms with Gasteiger partial charge in [-0.25, -0.2) is 8.42 Å². The van der Waals surface area contributed by atoms with E-state index in [2.05, 4.69) is 16.0 Å². The molecule has 0 saturated carbocycles. The Bertz CT molecular complexity index is 1030. The fourth-order valence-electron chi connectivity index (χ4n) is 3.75. The molecule has 0 aliphatic carbocycles. The van der Waals surface area contributed by atoms with E-state index >= 15 is 0 Å². The molecule has 4 rings (SSSR count). The zero-order chi connectivity index (χ0) is 18.7. The molecule has 0 atom stereocenters. The normalized spacial score (nSPS) is 15.9. The molecule has 0 radical (unpaired) electrons. The van der Waals surface area contributed by atoms with E-state index in [0.717, 1.165) is 23.9 Å². The first-order valence-electron chi connectivity index (χ1n) is 9.55. The molecule has 1 saturated heterocycles. The van der Waals surface area contributed by atoms with Gasteiger partial charge in [0.05, 0.1) is 15.3 Å². The fourth-order valence-corrected chi connectivity index (χ4v) is 5.01. The molecule has 0 spiro atoms. The first-order valence-corrected chi connectivity index (χ1v) is 11.0. The molecule has 1 fully saturated rings. The van der Waals surface area contributed by atoms with Crippen LogP contribution in [0, 0.1) is 0 Å². The zero-order valence-corrected chi connectivity index (χ0v) is 16.2. The predicted molar refractivity (Wildman–Crippen MR) is 108 cm³/mol. The molecule has 27 heavy (non-hydrogen) atoms. The number of para-hydroxylation sites is 1. The maximum Gasteiger partial charge on any atom is 0.208 e. The van der Waals surface area contributed by atoms with Crippen LogP contribution in [0.2, 0.25) is 0 Å². The summed E-state index contributed by atoms with van der Waals surface area (Å²) in [6.45, 7) is 3.39. The van der Waals surface area contributed by atoms with Crippen molar-refractivity contribution in [1.29, 1.82) is 0 Å². The Morgan fingerprint density at radius 3 is 2.44 bits per heavy atom. The van der Waals surface area contributed by atoms with E-state index in [1.165, 1.54) is 44.1 Å². The minimum atomic E-state index is -3.54. The van der Waals surface area contributed by atoms with Gasteiger partial charge in [0.25, 0.3) is 0 Å². The average Bonchev–Trinajstić information content (AvgIpc) is 2.73. The second kappa shape index (κ2) is 7.79. The number of hydrogen-bond donors (Lipinski definition) is 0. The minimum absolute atomic E-state index is 0.245. The Kier molecular flexibility index (Phi) is 5.23. The van der Waals surface area contributed by atoms with Crippen LogP contribution in [0.5, 0.6) is 0 Å². The van der Waals surface area contributed by atoms with Gasteiger partial charge in [-0.2, -0.15) is 0 Å². The van der Waals surface area contributed by atoms with Crippen LogP contribution in [0.4, 0.5) is 0 Å². The van der Waals surface area contributed by atoms with E-state index in [9.17, 15) is 8.42 Å². The average molecular weight is 381 g/mol. The highest BCUT2D eigenvalue weighted by atomic mass is 32.2. The summed E-state index contributed by atoms with van der Waals surface area (Å²) in [5, 5.41) is 0.878. The number of fused-ring (bicyclic) bond motifs is 1. The van der Waals surface area contributed by atoms with Gasteiger partial charge in [-0.15, -0.1) is 0 Å². The first kappa shape index (κ1) is 18.1. The van der Waals surface area contributed by atoms with E-state index in [0.29, 0.717) is 4.90 Å². The van der Waals surface area contributed by atoms with Gasteiger partial charge in [0.2, 0.25) is 9.84 Å². The first-order chi connectivity index (χ1) is 13.1. The lowest BCUT2D eigenvalue weighted by atomic mass is 10.1. The molecule has 0 N–H and O–H groups in total. The summed E-state index contributed by atoms with van der Waals surface area (Å²) in [4.78, 5) is 7.59. The number of piperidine rings is 1.